The summed E-state index contributed by atoms with van der Waals surface area (Å²) < 4.78 is 7.35. The van der Waals surface area contributed by atoms with E-state index in [4.69, 9.17) is 4.74 Å². The minimum absolute atomic E-state index is 0.0777. The molecule has 0 radical (unpaired) electrons. The van der Waals surface area contributed by atoms with Crippen LogP contribution >= 0.6 is 11.3 Å². The van der Waals surface area contributed by atoms with Crippen molar-refractivity contribution in [3.05, 3.63) is 39.3 Å². The van der Waals surface area contributed by atoms with Crippen LogP contribution in [0.1, 0.15) is 44.3 Å². The average molecular weight is 360 g/mol. The van der Waals surface area contributed by atoms with Crippen LogP contribution in [0, 0.1) is 0 Å². The van der Waals surface area contributed by atoms with E-state index in [1.807, 2.05) is 16.1 Å². The summed E-state index contributed by atoms with van der Waals surface area (Å²) in [7, 11) is 0. The van der Waals surface area contributed by atoms with E-state index in [0.717, 1.165) is 30.5 Å². The summed E-state index contributed by atoms with van der Waals surface area (Å²) in [5.74, 6) is -0.198. The molecule has 2 aliphatic rings. The lowest BCUT2D eigenvalue weighted by molar-refractivity contribution is 0.0921. The van der Waals surface area contributed by atoms with E-state index in [-0.39, 0.29) is 11.8 Å². The van der Waals surface area contributed by atoms with Crippen LogP contribution in [0.25, 0.3) is 0 Å². The molecule has 7 nitrogen and oxygen atoms in total. The second-order valence-electron chi connectivity index (χ2n) is 6.28. The molecular weight excluding hydrogens is 340 g/mol. The zero-order valence-electron chi connectivity index (χ0n) is 13.8. The van der Waals surface area contributed by atoms with Crippen molar-refractivity contribution in [2.24, 2.45) is 0 Å². The summed E-state index contributed by atoms with van der Waals surface area (Å²) in [5, 5.41) is 12.3. The Morgan fingerprint density at radius 2 is 2.24 bits per heavy atom. The van der Waals surface area contributed by atoms with Gasteiger partial charge in [-0.15, -0.1) is 11.3 Å². The number of rotatable bonds is 6. The normalized spacial score (nSPS) is 16.3. The van der Waals surface area contributed by atoms with Crippen molar-refractivity contribution in [1.29, 1.82) is 0 Å². The van der Waals surface area contributed by atoms with Crippen molar-refractivity contribution in [2.75, 3.05) is 13.2 Å². The molecule has 0 unspecified atom stereocenters. The summed E-state index contributed by atoms with van der Waals surface area (Å²) in [6.07, 6.45) is 2.82. The smallest absolute Gasteiger partial charge is 0.272 e. The quantitative estimate of drug-likeness (QED) is 0.814. The molecule has 1 aliphatic carbocycles. The molecule has 3 heterocycles. The number of hydrogen-bond acceptors (Lipinski definition) is 5. The van der Waals surface area contributed by atoms with Crippen LogP contribution in [0.2, 0.25) is 0 Å². The number of carbonyl (C=O) groups excluding carboxylic acids is 2. The molecule has 2 N–H and O–H groups in total. The first-order chi connectivity index (χ1) is 12.2. The third-order valence-corrected chi connectivity index (χ3v) is 5.25. The predicted octanol–water partition coefficient (Wildman–Crippen LogP) is 1.34. The summed E-state index contributed by atoms with van der Waals surface area (Å²) in [6.45, 7) is 2.06. The Balaban J connectivity index is 1.44. The molecule has 8 heteroatoms. The molecule has 2 aromatic rings. The SMILES string of the molecule is O=C(NCCn1nc(C(=O)NC2CC2)c2c1CCOC2)c1cccs1. The molecule has 132 valence electrons. The Morgan fingerprint density at radius 3 is 3.00 bits per heavy atom. The van der Waals surface area contributed by atoms with Gasteiger partial charge in [0.2, 0.25) is 0 Å². The first-order valence-corrected chi connectivity index (χ1v) is 9.39. The minimum Gasteiger partial charge on any atom is -0.376 e. The Labute approximate surface area is 149 Å². The van der Waals surface area contributed by atoms with Gasteiger partial charge in [0.25, 0.3) is 11.8 Å². The van der Waals surface area contributed by atoms with Gasteiger partial charge < -0.3 is 15.4 Å². The molecule has 4 rings (SSSR count). The Morgan fingerprint density at radius 1 is 1.36 bits per heavy atom. The molecule has 1 fully saturated rings. The Kier molecular flexibility index (Phi) is 4.54. The van der Waals surface area contributed by atoms with Crippen molar-refractivity contribution in [3.63, 3.8) is 0 Å². The maximum atomic E-state index is 12.4. The van der Waals surface area contributed by atoms with Gasteiger partial charge in [-0.05, 0) is 24.3 Å². The van der Waals surface area contributed by atoms with E-state index in [0.29, 0.717) is 42.9 Å². The third-order valence-electron chi connectivity index (χ3n) is 4.38. The number of carbonyl (C=O) groups is 2. The third kappa shape index (κ3) is 3.59. The van der Waals surface area contributed by atoms with Gasteiger partial charge >= 0.3 is 0 Å². The number of ether oxygens (including phenoxy) is 1. The van der Waals surface area contributed by atoms with Gasteiger partial charge in [-0.1, -0.05) is 6.07 Å². The zero-order chi connectivity index (χ0) is 17.2. The molecule has 0 spiro atoms. The molecule has 0 saturated heterocycles. The van der Waals surface area contributed by atoms with Crippen LogP contribution in [0.4, 0.5) is 0 Å². The van der Waals surface area contributed by atoms with Gasteiger partial charge in [-0.2, -0.15) is 5.10 Å². The number of hydrogen-bond donors (Lipinski definition) is 2. The molecule has 0 atom stereocenters. The van der Waals surface area contributed by atoms with Crippen molar-refractivity contribution < 1.29 is 14.3 Å². The monoisotopic (exact) mass is 360 g/mol. The molecule has 1 aliphatic heterocycles. The number of nitrogens with one attached hydrogen (secondary N) is 2. The minimum atomic E-state index is -0.120. The number of nitrogens with zero attached hydrogens (tertiary/aromatic N) is 2. The first-order valence-electron chi connectivity index (χ1n) is 8.51. The van der Waals surface area contributed by atoms with Crippen molar-refractivity contribution >= 4 is 23.2 Å². The largest absolute Gasteiger partial charge is 0.376 e. The van der Waals surface area contributed by atoms with Crippen molar-refractivity contribution in [3.8, 4) is 0 Å². The van der Waals surface area contributed by atoms with Crippen LogP contribution in [-0.2, 0) is 24.3 Å². The lowest BCUT2D eigenvalue weighted by Crippen LogP contribution is -2.28. The standard InChI is InChI=1S/C17H20N4O3S/c22-16(14-2-1-9-25-14)18-6-7-21-13-5-8-24-10-12(13)15(20-21)17(23)19-11-3-4-11/h1-2,9,11H,3-8,10H2,(H,18,22)(H,19,23). The fraction of sp³-hybridized carbons (Fsp3) is 0.471. The Bertz CT molecular complexity index is 780. The van der Waals surface area contributed by atoms with Gasteiger partial charge in [0.1, 0.15) is 0 Å². The first kappa shape index (κ1) is 16.3. The molecule has 0 aromatic carbocycles. The molecular formula is C17H20N4O3S. The average Bonchev–Trinajstić information content (AvgIpc) is 3.13. The number of thiophene rings is 1. The topological polar surface area (TPSA) is 85.2 Å². The van der Waals surface area contributed by atoms with Crippen LogP contribution in [0.5, 0.6) is 0 Å². The fourth-order valence-electron chi connectivity index (χ4n) is 2.93. The number of amides is 2. The van der Waals surface area contributed by atoms with Crippen LogP contribution in [0.3, 0.4) is 0 Å². The van der Waals surface area contributed by atoms with Gasteiger partial charge in [-0.25, -0.2) is 0 Å². The molecule has 25 heavy (non-hydrogen) atoms. The van der Waals surface area contributed by atoms with E-state index in [1.54, 1.807) is 6.07 Å². The number of fused-ring (bicyclic) bond motifs is 1. The van der Waals surface area contributed by atoms with E-state index in [2.05, 4.69) is 15.7 Å². The van der Waals surface area contributed by atoms with Gasteiger partial charge in [0, 0.05) is 30.3 Å². The van der Waals surface area contributed by atoms with Crippen molar-refractivity contribution in [1.82, 2.24) is 20.4 Å². The molecule has 2 amide bonds. The summed E-state index contributed by atoms with van der Waals surface area (Å²) in [5.41, 5.74) is 2.39. The van der Waals surface area contributed by atoms with Crippen LogP contribution in [0.15, 0.2) is 17.5 Å². The lowest BCUT2D eigenvalue weighted by atomic mass is 10.1. The summed E-state index contributed by atoms with van der Waals surface area (Å²) >= 11 is 1.42. The van der Waals surface area contributed by atoms with E-state index in [9.17, 15) is 9.59 Å². The van der Waals surface area contributed by atoms with E-state index < -0.39 is 0 Å². The van der Waals surface area contributed by atoms with E-state index >= 15 is 0 Å². The maximum absolute atomic E-state index is 12.4. The van der Waals surface area contributed by atoms with Crippen molar-refractivity contribution in [2.45, 2.75) is 38.5 Å². The van der Waals surface area contributed by atoms with Gasteiger partial charge in [-0.3, -0.25) is 14.3 Å². The summed E-state index contributed by atoms with van der Waals surface area (Å²) in [4.78, 5) is 25.1. The highest BCUT2D eigenvalue weighted by molar-refractivity contribution is 7.12. The second-order valence-corrected chi connectivity index (χ2v) is 7.23. The Hall–Kier alpha value is -2.19. The summed E-state index contributed by atoms with van der Waals surface area (Å²) in [6, 6.07) is 3.95. The molecule has 0 bridgehead atoms. The number of aromatic nitrogens is 2. The highest BCUT2D eigenvalue weighted by Gasteiger charge is 2.29. The predicted molar refractivity (Wildman–Crippen MR) is 92.7 cm³/mol. The fourth-order valence-corrected chi connectivity index (χ4v) is 3.57. The highest BCUT2D eigenvalue weighted by atomic mass is 32.1. The maximum Gasteiger partial charge on any atom is 0.272 e. The highest BCUT2D eigenvalue weighted by Crippen LogP contribution is 2.23. The molecule has 1 saturated carbocycles. The van der Waals surface area contributed by atoms with E-state index in [1.165, 1.54) is 11.3 Å². The molecule has 2 aromatic heterocycles. The van der Waals surface area contributed by atoms with Crippen LogP contribution < -0.4 is 10.6 Å². The van der Waals surface area contributed by atoms with Crippen LogP contribution in [-0.4, -0.2) is 40.8 Å². The lowest BCUT2D eigenvalue weighted by Gasteiger charge is -2.15. The van der Waals surface area contributed by atoms with Gasteiger partial charge in [0.15, 0.2) is 5.69 Å². The zero-order valence-corrected chi connectivity index (χ0v) is 14.6. The van der Waals surface area contributed by atoms with Gasteiger partial charge in [0.05, 0.1) is 24.6 Å². The second kappa shape index (κ2) is 6.97.